The van der Waals surface area contributed by atoms with Gasteiger partial charge in [-0.05, 0) is 56.7 Å². The molecule has 2 N–H and O–H groups in total. The number of carbonyl (C=O) groups excluding carboxylic acids is 1. The van der Waals surface area contributed by atoms with Crippen molar-refractivity contribution in [3.8, 4) is 0 Å². The Morgan fingerprint density at radius 1 is 1.29 bits per heavy atom. The van der Waals surface area contributed by atoms with Crippen molar-refractivity contribution in [2.45, 2.75) is 45.4 Å². The minimum absolute atomic E-state index is 0.201. The number of nitrogens with one attached hydrogen (secondary N) is 2. The molecular formula is C18H28N2O. The molecule has 0 spiro atoms. The second-order valence-electron chi connectivity index (χ2n) is 6.35. The Balaban J connectivity index is 1.67. The lowest BCUT2D eigenvalue weighted by Gasteiger charge is -2.22. The van der Waals surface area contributed by atoms with Gasteiger partial charge in [0.2, 0.25) is 5.91 Å². The van der Waals surface area contributed by atoms with Crippen molar-refractivity contribution in [2.24, 2.45) is 5.92 Å². The van der Waals surface area contributed by atoms with Crippen LogP contribution in [0.3, 0.4) is 0 Å². The van der Waals surface area contributed by atoms with Crippen LogP contribution < -0.4 is 10.6 Å². The van der Waals surface area contributed by atoms with E-state index in [1.54, 1.807) is 0 Å². The summed E-state index contributed by atoms with van der Waals surface area (Å²) in [6.07, 6.45) is 4.14. The van der Waals surface area contributed by atoms with Gasteiger partial charge in [-0.2, -0.15) is 0 Å². The third kappa shape index (κ3) is 5.50. The summed E-state index contributed by atoms with van der Waals surface area (Å²) in [4.78, 5) is 11.9. The van der Waals surface area contributed by atoms with E-state index < -0.39 is 0 Å². The van der Waals surface area contributed by atoms with Crippen LogP contribution in [0.15, 0.2) is 24.3 Å². The Kier molecular flexibility index (Phi) is 6.24. The fraction of sp³-hybridized carbons (Fsp3) is 0.611. The number of rotatable bonds is 6. The average molecular weight is 288 g/mol. The fourth-order valence-electron chi connectivity index (χ4n) is 2.87. The van der Waals surface area contributed by atoms with Crippen LogP contribution in [0.5, 0.6) is 0 Å². The molecule has 116 valence electrons. The molecule has 1 fully saturated rings. The van der Waals surface area contributed by atoms with Crippen LogP contribution in [0, 0.1) is 12.8 Å². The molecule has 1 atom stereocenters. The number of hydrogen-bond donors (Lipinski definition) is 2. The van der Waals surface area contributed by atoms with Crippen molar-refractivity contribution in [3.05, 3.63) is 35.4 Å². The first-order chi connectivity index (χ1) is 10.1. The van der Waals surface area contributed by atoms with Crippen molar-refractivity contribution in [2.75, 3.05) is 19.6 Å². The van der Waals surface area contributed by atoms with Crippen LogP contribution in [0.2, 0.25) is 0 Å². The molecule has 1 unspecified atom stereocenters. The van der Waals surface area contributed by atoms with Gasteiger partial charge in [-0.25, -0.2) is 0 Å². The largest absolute Gasteiger partial charge is 0.356 e. The number of piperidine rings is 1. The molecule has 0 saturated carbocycles. The minimum atomic E-state index is 0.201. The van der Waals surface area contributed by atoms with E-state index in [2.05, 4.69) is 48.7 Å². The van der Waals surface area contributed by atoms with Gasteiger partial charge in [0.1, 0.15) is 0 Å². The fourth-order valence-corrected chi connectivity index (χ4v) is 2.87. The second kappa shape index (κ2) is 8.18. The van der Waals surface area contributed by atoms with E-state index in [1.807, 2.05) is 0 Å². The van der Waals surface area contributed by atoms with E-state index >= 15 is 0 Å². The lowest BCUT2D eigenvalue weighted by atomic mass is 9.93. The first kappa shape index (κ1) is 16.0. The molecule has 2 rings (SSSR count). The molecule has 1 aromatic carbocycles. The summed E-state index contributed by atoms with van der Waals surface area (Å²) in [5.41, 5.74) is 2.57. The predicted octanol–water partition coefficient (Wildman–Crippen LogP) is 2.99. The van der Waals surface area contributed by atoms with Crippen LogP contribution in [-0.2, 0) is 4.79 Å². The Labute approximate surface area is 128 Å². The van der Waals surface area contributed by atoms with E-state index in [0.29, 0.717) is 12.3 Å². The quantitative estimate of drug-likeness (QED) is 0.845. The van der Waals surface area contributed by atoms with Crippen LogP contribution >= 0.6 is 0 Å². The molecule has 21 heavy (non-hydrogen) atoms. The smallest absolute Gasteiger partial charge is 0.220 e. The van der Waals surface area contributed by atoms with Crippen molar-refractivity contribution in [3.63, 3.8) is 0 Å². The molecule has 1 aromatic rings. The van der Waals surface area contributed by atoms with Gasteiger partial charge < -0.3 is 10.6 Å². The Morgan fingerprint density at radius 2 is 1.95 bits per heavy atom. The molecule has 1 saturated heterocycles. The first-order valence-electron chi connectivity index (χ1n) is 8.19. The summed E-state index contributed by atoms with van der Waals surface area (Å²) in [5, 5.41) is 6.44. The number of carbonyl (C=O) groups is 1. The van der Waals surface area contributed by atoms with Gasteiger partial charge in [-0.3, -0.25) is 4.79 Å². The summed E-state index contributed by atoms with van der Waals surface area (Å²) >= 11 is 0. The number of amides is 1. The van der Waals surface area contributed by atoms with E-state index in [0.717, 1.165) is 32.0 Å². The van der Waals surface area contributed by atoms with E-state index in [4.69, 9.17) is 0 Å². The van der Waals surface area contributed by atoms with Gasteiger partial charge >= 0.3 is 0 Å². The zero-order valence-corrected chi connectivity index (χ0v) is 13.3. The lowest BCUT2D eigenvalue weighted by molar-refractivity contribution is -0.121. The molecule has 1 amide bonds. The van der Waals surface area contributed by atoms with Crippen molar-refractivity contribution in [1.29, 1.82) is 0 Å². The van der Waals surface area contributed by atoms with E-state index in [1.165, 1.54) is 24.0 Å². The van der Waals surface area contributed by atoms with Gasteiger partial charge in [0.15, 0.2) is 0 Å². The molecule has 1 aliphatic rings. The summed E-state index contributed by atoms with van der Waals surface area (Å²) < 4.78 is 0. The molecular weight excluding hydrogens is 260 g/mol. The highest BCUT2D eigenvalue weighted by atomic mass is 16.1. The zero-order chi connectivity index (χ0) is 15.1. The molecule has 1 aliphatic heterocycles. The highest BCUT2D eigenvalue weighted by Crippen LogP contribution is 2.18. The van der Waals surface area contributed by atoms with Gasteiger partial charge in [-0.15, -0.1) is 0 Å². The normalized spacial score (nSPS) is 17.4. The third-order valence-electron chi connectivity index (χ3n) is 4.49. The van der Waals surface area contributed by atoms with Crippen LogP contribution in [0.25, 0.3) is 0 Å². The molecule has 3 heteroatoms. The third-order valence-corrected chi connectivity index (χ3v) is 4.49. The molecule has 0 bridgehead atoms. The van der Waals surface area contributed by atoms with Gasteiger partial charge in [-0.1, -0.05) is 36.8 Å². The molecule has 1 heterocycles. The van der Waals surface area contributed by atoms with Crippen molar-refractivity contribution < 1.29 is 4.79 Å². The second-order valence-corrected chi connectivity index (χ2v) is 6.35. The SMILES string of the molecule is Cc1ccc(C(C)CNC(=O)CCC2CCNCC2)cc1. The predicted molar refractivity (Wildman–Crippen MR) is 87.4 cm³/mol. The van der Waals surface area contributed by atoms with Gasteiger partial charge in [0.25, 0.3) is 0 Å². The summed E-state index contributed by atoms with van der Waals surface area (Å²) in [5.74, 6) is 1.30. The van der Waals surface area contributed by atoms with Crippen molar-refractivity contribution >= 4 is 5.91 Å². The van der Waals surface area contributed by atoms with Gasteiger partial charge in [0, 0.05) is 13.0 Å². The highest BCUT2D eigenvalue weighted by Gasteiger charge is 2.14. The summed E-state index contributed by atoms with van der Waals surface area (Å²) in [6, 6.07) is 8.57. The maximum Gasteiger partial charge on any atom is 0.220 e. The monoisotopic (exact) mass is 288 g/mol. The molecule has 0 aliphatic carbocycles. The van der Waals surface area contributed by atoms with E-state index in [-0.39, 0.29) is 5.91 Å². The Morgan fingerprint density at radius 3 is 2.62 bits per heavy atom. The van der Waals surface area contributed by atoms with Crippen LogP contribution in [-0.4, -0.2) is 25.5 Å². The molecule has 3 nitrogen and oxygen atoms in total. The summed E-state index contributed by atoms with van der Waals surface area (Å²) in [7, 11) is 0. The maximum absolute atomic E-state index is 11.9. The Bertz CT molecular complexity index is 435. The number of hydrogen-bond acceptors (Lipinski definition) is 2. The number of aryl methyl sites for hydroxylation is 1. The first-order valence-corrected chi connectivity index (χ1v) is 8.19. The topological polar surface area (TPSA) is 41.1 Å². The Hall–Kier alpha value is -1.35. The van der Waals surface area contributed by atoms with Crippen molar-refractivity contribution in [1.82, 2.24) is 10.6 Å². The van der Waals surface area contributed by atoms with Gasteiger partial charge in [0.05, 0.1) is 0 Å². The standard InChI is InChI=1S/C18H28N2O/c1-14-3-6-17(7-4-14)15(2)13-20-18(21)8-5-16-9-11-19-12-10-16/h3-4,6-7,15-16,19H,5,8-13H2,1-2H3,(H,20,21). The number of benzene rings is 1. The summed E-state index contributed by atoms with van der Waals surface area (Å²) in [6.45, 7) is 7.20. The zero-order valence-electron chi connectivity index (χ0n) is 13.3. The minimum Gasteiger partial charge on any atom is -0.356 e. The van der Waals surface area contributed by atoms with Crippen LogP contribution in [0.4, 0.5) is 0 Å². The lowest BCUT2D eigenvalue weighted by Crippen LogP contribution is -2.30. The maximum atomic E-state index is 11.9. The van der Waals surface area contributed by atoms with E-state index in [9.17, 15) is 4.79 Å². The van der Waals surface area contributed by atoms with Crippen LogP contribution in [0.1, 0.15) is 49.7 Å². The molecule has 0 radical (unpaired) electrons. The average Bonchev–Trinajstić information content (AvgIpc) is 2.52. The highest BCUT2D eigenvalue weighted by molar-refractivity contribution is 5.75. The molecule has 0 aromatic heterocycles.